The maximum absolute atomic E-state index is 12.0. The molecule has 24 heavy (non-hydrogen) atoms. The van der Waals surface area contributed by atoms with Crippen molar-refractivity contribution in [1.29, 1.82) is 0 Å². The summed E-state index contributed by atoms with van der Waals surface area (Å²) >= 11 is 1.68. The van der Waals surface area contributed by atoms with Gasteiger partial charge in [0.1, 0.15) is 0 Å². The third-order valence-corrected chi connectivity index (χ3v) is 4.85. The van der Waals surface area contributed by atoms with Crippen molar-refractivity contribution < 1.29 is 13.9 Å². The monoisotopic (exact) mass is 343 g/mol. The molecule has 2 heterocycles. The van der Waals surface area contributed by atoms with Crippen LogP contribution in [0.25, 0.3) is 11.1 Å². The Balaban J connectivity index is 1.46. The van der Waals surface area contributed by atoms with Crippen molar-refractivity contribution in [3.05, 3.63) is 53.0 Å². The summed E-state index contributed by atoms with van der Waals surface area (Å²) in [4.78, 5) is 13.1. The molecule has 1 aromatic heterocycles. The van der Waals surface area contributed by atoms with E-state index in [4.69, 9.17) is 13.9 Å². The average Bonchev–Trinajstić information content (AvgIpc) is 2.77. The maximum atomic E-state index is 12.0. The van der Waals surface area contributed by atoms with E-state index in [0.717, 1.165) is 34.1 Å². The number of benzene rings is 2. The Morgan fingerprint density at radius 2 is 1.88 bits per heavy atom. The van der Waals surface area contributed by atoms with Gasteiger partial charge in [0.2, 0.25) is 0 Å². The summed E-state index contributed by atoms with van der Waals surface area (Å²) in [5.74, 6) is 2.05. The minimum Gasteiger partial charge on any atom is -0.490 e. The second kappa shape index (κ2) is 6.65. The predicted octanol–water partition coefficient (Wildman–Crippen LogP) is 3.55. The van der Waals surface area contributed by atoms with Crippen molar-refractivity contribution in [3.63, 3.8) is 0 Å². The highest BCUT2D eigenvalue weighted by Crippen LogP contribution is 2.33. The van der Waals surface area contributed by atoms with Gasteiger partial charge in [-0.25, -0.2) is 4.79 Å². The number of hydrogen-bond acceptors (Lipinski definition) is 5. The van der Waals surface area contributed by atoms with Gasteiger partial charge in [0.25, 0.3) is 0 Å². The van der Waals surface area contributed by atoms with Crippen LogP contribution in [0.5, 0.6) is 11.5 Å². The van der Waals surface area contributed by atoms with Crippen molar-refractivity contribution in [1.82, 2.24) is 4.57 Å². The largest absolute Gasteiger partial charge is 0.490 e. The van der Waals surface area contributed by atoms with Gasteiger partial charge in [-0.3, -0.25) is 4.57 Å². The van der Waals surface area contributed by atoms with Gasteiger partial charge in [-0.15, -0.1) is 11.8 Å². The van der Waals surface area contributed by atoms with E-state index in [0.29, 0.717) is 25.3 Å². The molecule has 0 saturated heterocycles. The molecule has 0 N–H and O–H groups in total. The van der Waals surface area contributed by atoms with Crippen LogP contribution in [0.15, 0.2) is 56.6 Å². The van der Waals surface area contributed by atoms with Gasteiger partial charge in [-0.05, 0) is 30.3 Å². The molecule has 0 spiro atoms. The smallest absolute Gasteiger partial charge is 0.419 e. The molecular weight excluding hydrogens is 326 g/mol. The van der Waals surface area contributed by atoms with E-state index < -0.39 is 0 Å². The van der Waals surface area contributed by atoms with Crippen LogP contribution in [0.2, 0.25) is 0 Å². The molecule has 2 aromatic carbocycles. The number of hydrogen-bond donors (Lipinski definition) is 0. The Kier molecular flexibility index (Phi) is 4.21. The Bertz CT molecular complexity index is 915. The molecule has 124 valence electrons. The molecule has 0 aliphatic carbocycles. The first-order chi connectivity index (χ1) is 11.8. The first kappa shape index (κ1) is 15.2. The molecule has 4 rings (SSSR count). The van der Waals surface area contributed by atoms with E-state index in [1.54, 1.807) is 16.3 Å². The van der Waals surface area contributed by atoms with Crippen LogP contribution in [0.3, 0.4) is 0 Å². The number of nitrogens with zero attached hydrogens (tertiary/aromatic N) is 1. The number of thioether (sulfide) groups is 1. The molecule has 0 atom stereocenters. The number of rotatable bonds is 4. The first-order valence-electron chi connectivity index (χ1n) is 7.92. The van der Waals surface area contributed by atoms with E-state index in [1.807, 2.05) is 42.5 Å². The molecule has 1 aliphatic heterocycles. The van der Waals surface area contributed by atoms with E-state index in [9.17, 15) is 4.79 Å². The lowest BCUT2D eigenvalue weighted by Gasteiger charge is -2.09. The molecule has 0 amide bonds. The zero-order valence-corrected chi connectivity index (χ0v) is 13.9. The predicted molar refractivity (Wildman–Crippen MR) is 93.2 cm³/mol. The van der Waals surface area contributed by atoms with Crippen molar-refractivity contribution in [2.45, 2.75) is 17.9 Å². The van der Waals surface area contributed by atoms with Crippen LogP contribution in [0.1, 0.15) is 6.42 Å². The van der Waals surface area contributed by atoms with Crippen LogP contribution in [-0.4, -0.2) is 23.5 Å². The summed E-state index contributed by atoms with van der Waals surface area (Å²) in [6.07, 6.45) is 0.896. The standard InChI is InChI=1S/C18H17NO4S/c20-18-19(14-4-1-2-5-15(14)23-18)8-11-24-13-6-7-16-17(12-13)22-10-3-9-21-16/h1-2,4-7,12H,3,8-11H2. The third kappa shape index (κ3) is 3.01. The Morgan fingerprint density at radius 1 is 1.04 bits per heavy atom. The number of aryl methyl sites for hydroxylation is 1. The van der Waals surface area contributed by atoms with Crippen LogP contribution >= 0.6 is 11.8 Å². The van der Waals surface area contributed by atoms with Gasteiger partial charge >= 0.3 is 5.76 Å². The Hall–Kier alpha value is -2.34. The zero-order valence-electron chi connectivity index (χ0n) is 13.1. The van der Waals surface area contributed by atoms with E-state index in [2.05, 4.69) is 0 Å². The molecule has 5 nitrogen and oxygen atoms in total. The second-order valence-electron chi connectivity index (χ2n) is 5.49. The van der Waals surface area contributed by atoms with Crippen LogP contribution in [0.4, 0.5) is 0 Å². The normalized spacial score (nSPS) is 13.8. The first-order valence-corrected chi connectivity index (χ1v) is 8.91. The highest BCUT2D eigenvalue weighted by atomic mass is 32.2. The number of para-hydroxylation sites is 2. The van der Waals surface area contributed by atoms with Gasteiger partial charge in [0.05, 0.1) is 18.7 Å². The fourth-order valence-corrected chi connectivity index (χ4v) is 3.58. The molecule has 0 radical (unpaired) electrons. The highest BCUT2D eigenvalue weighted by Gasteiger charge is 2.12. The molecule has 0 bridgehead atoms. The lowest BCUT2D eigenvalue weighted by atomic mass is 10.3. The van der Waals surface area contributed by atoms with E-state index in [-0.39, 0.29) is 5.76 Å². The van der Waals surface area contributed by atoms with E-state index >= 15 is 0 Å². The van der Waals surface area contributed by atoms with Crippen molar-refractivity contribution >= 4 is 22.9 Å². The zero-order chi connectivity index (χ0) is 16.4. The highest BCUT2D eigenvalue weighted by molar-refractivity contribution is 7.99. The summed E-state index contributed by atoms with van der Waals surface area (Å²) < 4.78 is 18.3. The molecule has 3 aromatic rings. The number of ether oxygens (including phenoxy) is 2. The molecule has 0 fully saturated rings. The Labute approximate surface area is 143 Å². The van der Waals surface area contributed by atoms with Crippen molar-refractivity contribution in [3.8, 4) is 11.5 Å². The van der Waals surface area contributed by atoms with Gasteiger partial charge in [-0.2, -0.15) is 0 Å². The molecule has 1 aliphatic rings. The number of aromatic nitrogens is 1. The van der Waals surface area contributed by atoms with Crippen molar-refractivity contribution in [2.24, 2.45) is 0 Å². The van der Waals surface area contributed by atoms with Crippen LogP contribution in [0, 0.1) is 0 Å². The van der Waals surface area contributed by atoms with Gasteiger partial charge in [0.15, 0.2) is 17.1 Å². The van der Waals surface area contributed by atoms with E-state index in [1.165, 1.54) is 0 Å². The summed E-state index contributed by atoms with van der Waals surface area (Å²) in [5, 5.41) is 0. The SMILES string of the molecule is O=c1oc2ccccc2n1CCSc1ccc2c(c1)OCCCO2. The minimum absolute atomic E-state index is 0.310. The van der Waals surface area contributed by atoms with Gasteiger partial charge in [-0.1, -0.05) is 12.1 Å². The fraction of sp³-hybridized carbons (Fsp3) is 0.278. The molecule has 0 saturated carbocycles. The maximum Gasteiger partial charge on any atom is 0.419 e. The number of fused-ring (bicyclic) bond motifs is 2. The third-order valence-electron chi connectivity index (χ3n) is 3.88. The van der Waals surface area contributed by atoms with Gasteiger partial charge < -0.3 is 13.9 Å². The average molecular weight is 343 g/mol. The molecule has 6 heteroatoms. The Morgan fingerprint density at radius 3 is 2.79 bits per heavy atom. The summed E-state index contributed by atoms with van der Waals surface area (Å²) in [5.41, 5.74) is 1.46. The van der Waals surface area contributed by atoms with Crippen molar-refractivity contribution in [2.75, 3.05) is 19.0 Å². The van der Waals surface area contributed by atoms with Crippen LogP contribution < -0.4 is 15.2 Å². The summed E-state index contributed by atoms with van der Waals surface area (Å²) in [7, 11) is 0. The topological polar surface area (TPSA) is 53.6 Å². The molecular formula is C18H17NO4S. The fourth-order valence-electron chi connectivity index (χ4n) is 2.71. The summed E-state index contributed by atoms with van der Waals surface area (Å²) in [6.45, 7) is 1.96. The number of oxazole rings is 1. The second-order valence-corrected chi connectivity index (χ2v) is 6.66. The van der Waals surface area contributed by atoms with Crippen LogP contribution in [-0.2, 0) is 6.54 Å². The molecule has 0 unspecified atom stereocenters. The quantitative estimate of drug-likeness (QED) is 0.678. The lowest BCUT2D eigenvalue weighted by molar-refractivity contribution is 0.297. The minimum atomic E-state index is -0.310. The lowest BCUT2D eigenvalue weighted by Crippen LogP contribution is -2.15. The van der Waals surface area contributed by atoms with Gasteiger partial charge in [0, 0.05) is 23.6 Å². The summed E-state index contributed by atoms with van der Waals surface area (Å²) in [6, 6.07) is 13.5.